The normalized spacial score (nSPS) is 35.7. The lowest BCUT2D eigenvalue weighted by atomic mass is 9.84. The molecule has 4 heteroatoms. The molecule has 2 unspecified atom stereocenters. The molecule has 21 heavy (non-hydrogen) atoms. The van der Waals surface area contributed by atoms with Crippen molar-refractivity contribution < 1.29 is 4.79 Å². The van der Waals surface area contributed by atoms with Crippen LogP contribution in [0.1, 0.15) is 52.4 Å². The maximum atomic E-state index is 12.9. The second-order valence-corrected chi connectivity index (χ2v) is 7.96. The van der Waals surface area contributed by atoms with Crippen LogP contribution in [-0.4, -0.2) is 59.0 Å². The first-order valence-electron chi connectivity index (χ1n) is 8.92. The van der Waals surface area contributed by atoms with Crippen LogP contribution >= 0.6 is 0 Å². The monoisotopic (exact) mass is 291 g/mol. The molecule has 0 aromatic carbocycles. The number of carbonyl (C=O) groups is 1. The van der Waals surface area contributed by atoms with E-state index in [1.54, 1.807) is 0 Å². The fourth-order valence-electron chi connectivity index (χ4n) is 4.67. The Hall–Kier alpha value is -0.610. The Balaban J connectivity index is 1.42. The number of amides is 1. The van der Waals surface area contributed by atoms with Gasteiger partial charge in [0.2, 0.25) is 5.91 Å². The fourth-order valence-corrected chi connectivity index (χ4v) is 4.67. The van der Waals surface area contributed by atoms with E-state index in [0.29, 0.717) is 18.0 Å². The van der Waals surface area contributed by atoms with Crippen LogP contribution in [0.25, 0.3) is 0 Å². The van der Waals surface area contributed by atoms with Crippen molar-refractivity contribution in [2.45, 2.75) is 76.0 Å². The van der Waals surface area contributed by atoms with E-state index in [1.165, 1.54) is 38.5 Å². The fraction of sp³-hybridized carbons (Fsp3) is 0.941. The van der Waals surface area contributed by atoms with E-state index in [9.17, 15) is 4.79 Å². The van der Waals surface area contributed by atoms with Crippen molar-refractivity contribution in [2.24, 2.45) is 5.92 Å². The molecule has 4 fully saturated rings. The number of likely N-dealkylation sites (tertiary alicyclic amines) is 2. The number of nitrogens with zero attached hydrogens (tertiary/aromatic N) is 2. The molecule has 1 saturated carbocycles. The first kappa shape index (κ1) is 14.0. The smallest absolute Gasteiger partial charge is 0.241 e. The SMILES string of the molecule is CC(C)N1CCC2(CCCN2C(=O)C2NC2C2CC2)CC1. The third-order valence-corrected chi connectivity index (χ3v) is 6.34. The molecule has 4 aliphatic rings. The van der Waals surface area contributed by atoms with Crippen molar-refractivity contribution in [2.75, 3.05) is 19.6 Å². The number of hydrogen-bond donors (Lipinski definition) is 1. The molecule has 1 N–H and O–H groups in total. The summed E-state index contributed by atoms with van der Waals surface area (Å²) in [6.45, 7) is 7.88. The molecule has 1 spiro atoms. The van der Waals surface area contributed by atoms with Gasteiger partial charge in [-0.05, 0) is 58.3 Å². The highest BCUT2D eigenvalue weighted by atomic mass is 16.2. The Morgan fingerprint density at radius 3 is 2.48 bits per heavy atom. The van der Waals surface area contributed by atoms with Crippen LogP contribution in [0.3, 0.4) is 0 Å². The van der Waals surface area contributed by atoms with Gasteiger partial charge in [0.1, 0.15) is 6.04 Å². The maximum absolute atomic E-state index is 12.9. The lowest BCUT2D eigenvalue weighted by Gasteiger charge is -2.46. The number of rotatable bonds is 3. The zero-order valence-corrected chi connectivity index (χ0v) is 13.5. The van der Waals surface area contributed by atoms with E-state index in [0.717, 1.165) is 25.6 Å². The van der Waals surface area contributed by atoms with Crippen LogP contribution in [0.2, 0.25) is 0 Å². The quantitative estimate of drug-likeness (QED) is 0.804. The van der Waals surface area contributed by atoms with Gasteiger partial charge < -0.3 is 9.80 Å². The standard InChI is InChI=1S/C17H29N3O/c1-12(2)19-10-7-17(8-11-19)6-3-9-20(17)16(21)15-14(18-15)13-4-5-13/h12-15,18H,3-11H2,1-2H3. The maximum Gasteiger partial charge on any atom is 0.241 e. The molecule has 1 amide bonds. The van der Waals surface area contributed by atoms with Gasteiger partial charge in [-0.25, -0.2) is 0 Å². The molecular formula is C17H29N3O. The summed E-state index contributed by atoms with van der Waals surface area (Å²) in [7, 11) is 0. The summed E-state index contributed by atoms with van der Waals surface area (Å²) in [5, 5.41) is 3.45. The molecule has 4 rings (SSSR count). The van der Waals surface area contributed by atoms with Crippen LogP contribution in [0, 0.1) is 5.92 Å². The van der Waals surface area contributed by atoms with Crippen LogP contribution in [0.5, 0.6) is 0 Å². The molecule has 118 valence electrons. The zero-order chi connectivity index (χ0) is 14.6. The molecular weight excluding hydrogens is 262 g/mol. The van der Waals surface area contributed by atoms with Crippen molar-refractivity contribution in [3.8, 4) is 0 Å². The Bertz CT molecular complexity index is 424. The van der Waals surface area contributed by atoms with Crippen LogP contribution < -0.4 is 5.32 Å². The van der Waals surface area contributed by atoms with Gasteiger partial charge in [0.05, 0.1) is 0 Å². The molecule has 3 saturated heterocycles. The third kappa shape index (κ3) is 2.40. The lowest BCUT2D eigenvalue weighted by Crippen LogP contribution is -2.56. The Morgan fingerprint density at radius 1 is 1.14 bits per heavy atom. The third-order valence-electron chi connectivity index (χ3n) is 6.34. The average molecular weight is 291 g/mol. The summed E-state index contributed by atoms with van der Waals surface area (Å²) < 4.78 is 0. The van der Waals surface area contributed by atoms with Gasteiger partial charge in [0.25, 0.3) is 0 Å². The average Bonchev–Trinajstić information content (AvgIpc) is 3.35. The topological polar surface area (TPSA) is 45.5 Å². The van der Waals surface area contributed by atoms with E-state index in [-0.39, 0.29) is 11.6 Å². The molecule has 0 aromatic rings. The van der Waals surface area contributed by atoms with Crippen molar-refractivity contribution in [3.63, 3.8) is 0 Å². The van der Waals surface area contributed by atoms with E-state index >= 15 is 0 Å². The van der Waals surface area contributed by atoms with Crippen molar-refractivity contribution in [3.05, 3.63) is 0 Å². The highest BCUT2D eigenvalue weighted by molar-refractivity contribution is 5.87. The minimum atomic E-state index is 0.163. The predicted molar refractivity (Wildman–Crippen MR) is 83.1 cm³/mol. The second kappa shape index (κ2) is 4.95. The molecule has 3 heterocycles. The summed E-state index contributed by atoms with van der Waals surface area (Å²) in [5.41, 5.74) is 0.195. The Morgan fingerprint density at radius 2 is 1.86 bits per heavy atom. The minimum Gasteiger partial charge on any atom is -0.336 e. The van der Waals surface area contributed by atoms with Gasteiger partial charge in [-0.2, -0.15) is 0 Å². The van der Waals surface area contributed by atoms with Gasteiger partial charge in [0.15, 0.2) is 0 Å². The Labute approximate surface area is 128 Å². The number of nitrogens with one attached hydrogen (secondary N) is 1. The summed E-state index contributed by atoms with van der Waals surface area (Å²) in [4.78, 5) is 17.7. The summed E-state index contributed by atoms with van der Waals surface area (Å²) in [6.07, 6.45) is 7.45. The predicted octanol–water partition coefficient (Wildman–Crippen LogP) is 1.60. The van der Waals surface area contributed by atoms with E-state index in [2.05, 4.69) is 29.0 Å². The zero-order valence-electron chi connectivity index (χ0n) is 13.5. The minimum absolute atomic E-state index is 0.163. The molecule has 4 nitrogen and oxygen atoms in total. The van der Waals surface area contributed by atoms with E-state index in [1.807, 2.05) is 0 Å². The lowest BCUT2D eigenvalue weighted by molar-refractivity contribution is -0.136. The number of piperidine rings is 1. The van der Waals surface area contributed by atoms with Gasteiger partial charge >= 0.3 is 0 Å². The summed E-state index contributed by atoms with van der Waals surface area (Å²) in [6, 6.07) is 1.32. The Kier molecular flexibility index (Phi) is 3.30. The van der Waals surface area contributed by atoms with Gasteiger partial charge in [-0.1, -0.05) is 0 Å². The second-order valence-electron chi connectivity index (χ2n) is 7.96. The molecule has 0 aromatic heterocycles. The number of hydrogen-bond acceptors (Lipinski definition) is 3. The van der Waals surface area contributed by atoms with E-state index in [4.69, 9.17) is 0 Å². The summed E-state index contributed by atoms with van der Waals surface area (Å²) in [5.74, 6) is 1.22. The van der Waals surface area contributed by atoms with Gasteiger partial charge in [-0.3, -0.25) is 10.1 Å². The van der Waals surface area contributed by atoms with Crippen molar-refractivity contribution >= 4 is 5.91 Å². The highest BCUT2D eigenvalue weighted by Crippen LogP contribution is 2.43. The molecule has 0 radical (unpaired) electrons. The van der Waals surface area contributed by atoms with E-state index < -0.39 is 0 Å². The molecule has 1 aliphatic carbocycles. The van der Waals surface area contributed by atoms with Crippen molar-refractivity contribution in [1.82, 2.24) is 15.1 Å². The van der Waals surface area contributed by atoms with Crippen molar-refractivity contribution in [1.29, 1.82) is 0 Å². The van der Waals surface area contributed by atoms with Gasteiger partial charge in [-0.15, -0.1) is 0 Å². The summed E-state index contributed by atoms with van der Waals surface area (Å²) >= 11 is 0. The highest BCUT2D eigenvalue weighted by Gasteiger charge is 2.55. The van der Waals surface area contributed by atoms with Crippen LogP contribution in [0.15, 0.2) is 0 Å². The van der Waals surface area contributed by atoms with Crippen LogP contribution in [0.4, 0.5) is 0 Å². The van der Waals surface area contributed by atoms with Crippen LogP contribution in [-0.2, 0) is 4.79 Å². The first-order valence-corrected chi connectivity index (χ1v) is 8.92. The number of carbonyl (C=O) groups excluding carboxylic acids is 1. The first-order chi connectivity index (χ1) is 10.1. The largest absolute Gasteiger partial charge is 0.336 e. The van der Waals surface area contributed by atoms with Gasteiger partial charge in [0, 0.05) is 37.3 Å². The molecule has 2 atom stereocenters. The molecule has 0 bridgehead atoms. The molecule has 3 aliphatic heterocycles.